The van der Waals surface area contributed by atoms with Crippen molar-refractivity contribution in [2.45, 2.75) is 51.6 Å². The van der Waals surface area contributed by atoms with Crippen molar-refractivity contribution in [2.75, 3.05) is 0 Å². The SMILES string of the molecule is CCCC(=O)O[C@H]1C[C@H]2CC[C@H]1C2. The van der Waals surface area contributed by atoms with Crippen molar-refractivity contribution in [1.29, 1.82) is 0 Å². The van der Waals surface area contributed by atoms with Gasteiger partial charge in [-0.2, -0.15) is 0 Å². The Morgan fingerprint density at radius 1 is 1.38 bits per heavy atom. The van der Waals surface area contributed by atoms with Gasteiger partial charge in [0.1, 0.15) is 6.10 Å². The zero-order chi connectivity index (χ0) is 9.26. The molecule has 0 spiro atoms. The van der Waals surface area contributed by atoms with E-state index in [9.17, 15) is 4.79 Å². The minimum atomic E-state index is 0.0139. The molecule has 13 heavy (non-hydrogen) atoms. The average Bonchev–Trinajstić information content (AvgIpc) is 2.65. The molecule has 2 fully saturated rings. The van der Waals surface area contributed by atoms with Gasteiger partial charge in [-0.15, -0.1) is 0 Å². The standard InChI is InChI=1S/C11H18O2/c1-2-3-11(12)13-10-7-8-4-5-9(10)6-8/h8-10H,2-7H2,1H3/t8-,9-,10-/m0/s1. The number of carbonyl (C=O) groups is 1. The fourth-order valence-electron chi connectivity index (χ4n) is 2.76. The number of hydrogen-bond donors (Lipinski definition) is 0. The molecule has 2 rings (SSSR count). The average molecular weight is 182 g/mol. The summed E-state index contributed by atoms with van der Waals surface area (Å²) < 4.78 is 5.45. The van der Waals surface area contributed by atoms with E-state index in [0.717, 1.165) is 18.8 Å². The molecule has 2 aliphatic rings. The summed E-state index contributed by atoms with van der Waals surface area (Å²) in [5, 5.41) is 0. The summed E-state index contributed by atoms with van der Waals surface area (Å²) >= 11 is 0. The van der Waals surface area contributed by atoms with Crippen LogP contribution in [0, 0.1) is 11.8 Å². The number of esters is 1. The van der Waals surface area contributed by atoms with Crippen LogP contribution >= 0.6 is 0 Å². The van der Waals surface area contributed by atoms with E-state index in [-0.39, 0.29) is 12.1 Å². The maximum absolute atomic E-state index is 11.3. The van der Waals surface area contributed by atoms with E-state index in [0.29, 0.717) is 12.3 Å². The molecule has 0 aliphatic heterocycles. The fraction of sp³-hybridized carbons (Fsp3) is 0.909. The van der Waals surface area contributed by atoms with Crippen LogP contribution in [-0.2, 0) is 9.53 Å². The molecule has 2 bridgehead atoms. The molecule has 2 heteroatoms. The minimum absolute atomic E-state index is 0.0139. The van der Waals surface area contributed by atoms with Crippen LogP contribution in [0.15, 0.2) is 0 Å². The molecule has 0 aromatic heterocycles. The van der Waals surface area contributed by atoms with Gasteiger partial charge in [0.15, 0.2) is 0 Å². The predicted octanol–water partition coefficient (Wildman–Crippen LogP) is 2.52. The van der Waals surface area contributed by atoms with Crippen LogP contribution in [0.4, 0.5) is 0 Å². The van der Waals surface area contributed by atoms with Gasteiger partial charge in [-0.1, -0.05) is 6.92 Å². The van der Waals surface area contributed by atoms with Crippen molar-refractivity contribution in [2.24, 2.45) is 11.8 Å². The smallest absolute Gasteiger partial charge is 0.306 e. The van der Waals surface area contributed by atoms with Gasteiger partial charge in [-0.25, -0.2) is 0 Å². The van der Waals surface area contributed by atoms with E-state index in [1.807, 2.05) is 6.92 Å². The van der Waals surface area contributed by atoms with Crippen molar-refractivity contribution in [3.05, 3.63) is 0 Å². The second kappa shape index (κ2) is 3.69. The lowest BCUT2D eigenvalue weighted by Crippen LogP contribution is -2.23. The van der Waals surface area contributed by atoms with E-state index in [4.69, 9.17) is 4.74 Å². The first kappa shape index (κ1) is 9.04. The first-order chi connectivity index (χ1) is 6.29. The molecular formula is C11H18O2. The Balaban J connectivity index is 1.79. The Kier molecular flexibility index (Phi) is 2.56. The van der Waals surface area contributed by atoms with Crippen molar-refractivity contribution >= 4 is 5.97 Å². The van der Waals surface area contributed by atoms with Crippen LogP contribution in [0.2, 0.25) is 0 Å². The molecule has 0 unspecified atom stereocenters. The molecule has 0 aromatic rings. The highest BCUT2D eigenvalue weighted by Crippen LogP contribution is 2.45. The first-order valence-corrected chi connectivity index (χ1v) is 5.49. The molecule has 0 amide bonds. The van der Waals surface area contributed by atoms with Crippen LogP contribution in [0.25, 0.3) is 0 Å². The van der Waals surface area contributed by atoms with Crippen LogP contribution in [-0.4, -0.2) is 12.1 Å². The van der Waals surface area contributed by atoms with Gasteiger partial charge in [-0.05, 0) is 43.9 Å². The second-order valence-electron chi connectivity index (χ2n) is 4.45. The maximum Gasteiger partial charge on any atom is 0.306 e. The van der Waals surface area contributed by atoms with E-state index < -0.39 is 0 Å². The third-order valence-electron chi connectivity index (χ3n) is 3.41. The van der Waals surface area contributed by atoms with E-state index in [1.165, 1.54) is 19.3 Å². The number of fused-ring (bicyclic) bond motifs is 2. The van der Waals surface area contributed by atoms with Gasteiger partial charge in [0.2, 0.25) is 0 Å². The van der Waals surface area contributed by atoms with Gasteiger partial charge in [-0.3, -0.25) is 4.79 Å². The third-order valence-corrected chi connectivity index (χ3v) is 3.41. The Bertz CT molecular complexity index is 200. The molecule has 0 radical (unpaired) electrons. The summed E-state index contributed by atoms with van der Waals surface area (Å²) in [4.78, 5) is 11.3. The Morgan fingerprint density at radius 2 is 2.23 bits per heavy atom. The molecule has 0 aromatic carbocycles. The summed E-state index contributed by atoms with van der Waals surface area (Å²) in [6, 6.07) is 0. The normalized spacial score (nSPS) is 36.5. The molecule has 0 saturated heterocycles. The van der Waals surface area contributed by atoms with Gasteiger partial charge >= 0.3 is 5.97 Å². The van der Waals surface area contributed by atoms with Crippen LogP contribution in [0.3, 0.4) is 0 Å². The van der Waals surface area contributed by atoms with Crippen LogP contribution < -0.4 is 0 Å². The third kappa shape index (κ3) is 1.87. The van der Waals surface area contributed by atoms with Gasteiger partial charge in [0.25, 0.3) is 0 Å². The molecule has 0 heterocycles. The quantitative estimate of drug-likeness (QED) is 0.627. The van der Waals surface area contributed by atoms with Crippen molar-refractivity contribution in [3.8, 4) is 0 Å². The lowest BCUT2D eigenvalue weighted by Gasteiger charge is -2.21. The fourth-order valence-corrected chi connectivity index (χ4v) is 2.76. The molecular weight excluding hydrogens is 164 g/mol. The number of rotatable bonds is 3. The molecule has 2 nitrogen and oxygen atoms in total. The minimum Gasteiger partial charge on any atom is -0.462 e. The van der Waals surface area contributed by atoms with Crippen molar-refractivity contribution < 1.29 is 9.53 Å². The lowest BCUT2D eigenvalue weighted by molar-refractivity contribution is -0.151. The topological polar surface area (TPSA) is 26.3 Å². The number of hydrogen-bond acceptors (Lipinski definition) is 2. The van der Waals surface area contributed by atoms with Crippen LogP contribution in [0.1, 0.15) is 45.4 Å². The van der Waals surface area contributed by atoms with Gasteiger partial charge in [0, 0.05) is 6.42 Å². The number of ether oxygens (including phenoxy) is 1. The predicted molar refractivity (Wildman–Crippen MR) is 50.2 cm³/mol. The summed E-state index contributed by atoms with van der Waals surface area (Å²) in [5.41, 5.74) is 0. The van der Waals surface area contributed by atoms with Crippen molar-refractivity contribution in [3.63, 3.8) is 0 Å². The van der Waals surface area contributed by atoms with E-state index in [1.54, 1.807) is 0 Å². The Hall–Kier alpha value is -0.530. The van der Waals surface area contributed by atoms with Crippen LogP contribution in [0.5, 0.6) is 0 Å². The zero-order valence-electron chi connectivity index (χ0n) is 8.29. The molecule has 0 N–H and O–H groups in total. The monoisotopic (exact) mass is 182 g/mol. The summed E-state index contributed by atoms with van der Waals surface area (Å²) in [5.74, 6) is 1.58. The highest BCUT2D eigenvalue weighted by Gasteiger charge is 2.41. The number of carbonyl (C=O) groups excluding carboxylic acids is 1. The van der Waals surface area contributed by atoms with Crippen molar-refractivity contribution in [1.82, 2.24) is 0 Å². The molecule has 3 atom stereocenters. The van der Waals surface area contributed by atoms with Gasteiger partial charge < -0.3 is 4.74 Å². The van der Waals surface area contributed by atoms with E-state index in [2.05, 4.69) is 0 Å². The summed E-state index contributed by atoms with van der Waals surface area (Å²) in [6.07, 6.45) is 6.87. The highest BCUT2D eigenvalue weighted by molar-refractivity contribution is 5.69. The summed E-state index contributed by atoms with van der Waals surface area (Å²) in [7, 11) is 0. The first-order valence-electron chi connectivity index (χ1n) is 5.49. The largest absolute Gasteiger partial charge is 0.462 e. The maximum atomic E-state index is 11.3. The molecule has 74 valence electrons. The summed E-state index contributed by atoms with van der Waals surface area (Å²) in [6.45, 7) is 2.02. The molecule has 2 aliphatic carbocycles. The van der Waals surface area contributed by atoms with E-state index >= 15 is 0 Å². The Labute approximate surface area is 79.7 Å². The van der Waals surface area contributed by atoms with Gasteiger partial charge in [0.05, 0.1) is 0 Å². The lowest BCUT2D eigenvalue weighted by atomic mass is 9.98. The second-order valence-corrected chi connectivity index (χ2v) is 4.45. The Morgan fingerprint density at radius 3 is 2.77 bits per heavy atom. The molecule has 2 saturated carbocycles. The zero-order valence-corrected chi connectivity index (χ0v) is 8.29. The highest BCUT2D eigenvalue weighted by atomic mass is 16.5.